The summed E-state index contributed by atoms with van der Waals surface area (Å²) in [6.45, 7) is 3.67. The summed E-state index contributed by atoms with van der Waals surface area (Å²) >= 11 is 0. The molecule has 0 radical (unpaired) electrons. The van der Waals surface area contributed by atoms with Crippen LogP contribution in [0.3, 0.4) is 0 Å². The zero-order valence-corrected chi connectivity index (χ0v) is 20.9. The quantitative estimate of drug-likeness (QED) is 0.137. The molecule has 4 rings (SSSR count). The highest BCUT2D eigenvalue weighted by Crippen LogP contribution is 2.31. The summed E-state index contributed by atoms with van der Waals surface area (Å²) in [7, 11) is 0. The van der Waals surface area contributed by atoms with Crippen LogP contribution in [0.1, 0.15) is 37.6 Å². The number of benzene rings is 1. The largest absolute Gasteiger partial charge is 0.468 e. The Balaban J connectivity index is 1.90. The van der Waals surface area contributed by atoms with Gasteiger partial charge in [0, 0.05) is 25.6 Å². The lowest BCUT2D eigenvalue weighted by molar-refractivity contribution is 0.143. The lowest BCUT2D eigenvalue weighted by Gasteiger charge is -2.17. The number of amidine groups is 1. The summed E-state index contributed by atoms with van der Waals surface area (Å²) in [5, 5.41) is 25.1. The minimum atomic E-state index is -1.27. The number of anilines is 1. The van der Waals surface area contributed by atoms with Gasteiger partial charge >= 0.3 is 0 Å². The third-order valence-electron chi connectivity index (χ3n) is 5.26. The van der Waals surface area contributed by atoms with Crippen molar-refractivity contribution in [1.82, 2.24) is 24.8 Å². The van der Waals surface area contributed by atoms with E-state index in [2.05, 4.69) is 39.0 Å². The van der Waals surface area contributed by atoms with Crippen LogP contribution < -0.4 is 21.9 Å². The van der Waals surface area contributed by atoms with Crippen LogP contribution >= 0.6 is 0 Å². The van der Waals surface area contributed by atoms with Crippen LogP contribution in [-0.4, -0.2) is 47.9 Å². The molecule has 0 aliphatic heterocycles. The third kappa shape index (κ3) is 6.07. The molecule has 0 bridgehead atoms. The van der Waals surface area contributed by atoms with Crippen LogP contribution in [-0.2, 0) is 6.54 Å². The summed E-state index contributed by atoms with van der Waals surface area (Å²) in [6, 6.07) is 11.3. The molecule has 194 valence electrons. The molecule has 3 heterocycles. The SMILES string of the molecule is CC(C)(O)C#Cc1nc(O[C@@H](CN)c2ccccc2)cc2c1nc(-c1nonc1N)n2CCC#CC(=N)N. The van der Waals surface area contributed by atoms with E-state index in [1.54, 1.807) is 19.9 Å². The van der Waals surface area contributed by atoms with Crippen molar-refractivity contribution in [1.29, 1.82) is 5.41 Å². The summed E-state index contributed by atoms with van der Waals surface area (Å²) in [5.74, 6) is 11.5. The Morgan fingerprint density at radius 1 is 1.24 bits per heavy atom. The van der Waals surface area contributed by atoms with E-state index >= 15 is 0 Å². The number of ether oxygens (including phenoxy) is 1. The van der Waals surface area contributed by atoms with Crippen molar-refractivity contribution in [3.63, 3.8) is 0 Å². The number of nitrogens with two attached hydrogens (primary N) is 3. The van der Waals surface area contributed by atoms with E-state index in [-0.39, 0.29) is 35.5 Å². The van der Waals surface area contributed by atoms with Crippen LogP contribution in [0.5, 0.6) is 5.88 Å². The number of rotatable bonds is 7. The van der Waals surface area contributed by atoms with Crippen molar-refractivity contribution in [2.75, 3.05) is 12.3 Å². The number of aliphatic hydroxyl groups is 1. The molecule has 1 aromatic carbocycles. The molecule has 4 aromatic rings. The van der Waals surface area contributed by atoms with Gasteiger partial charge in [-0.15, -0.1) is 0 Å². The lowest BCUT2D eigenvalue weighted by Crippen LogP contribution is -2.19. The number of fused-ring (bicyclic) bond motifs is 1. The molecule has 8 N–H and O–H groups in total. The number of hydrogen-bond acceptors (Lipinski definition) is 10. The van der Waals surface area contributed by atoms with Crippen LogP contribution in [0.15, 0.2) is 41.0 Å². The molecule has 3 aromatic heterocycles. The first kappa shape index (κ1) is 26.2. The molecule has 0 unspecified atom stereocenters. The van der Waals surface area contributed by atoms with Crippen molar-refractivity contribution >= 4 is 22.7 Å². The Morgan fingerprint density at radius 2 is 2.00 bits per heavy atom. The second-order valence-electron chi connectivity index (χ2n) is 8.79. The topological polar surface area (TPSA) is 201 Å². The Kier molecular flexibility index (Phi) is 7.58. The number of aromatic nitrogens is 5. The fourth-order valence-corrected chi connectivity index (χ4v) is 3.61. The van der Waals surface area contributed by atoms with Crippen LogP contribution in [0.4, 0.5) is 5.82 Å². The van der Waals surface area contributed by atoms with E-state index in [0.717, 1.165) is 5.56 Å². The average Bonchev–Trinajstić information content (AvgIpc) is 3.46. The number of nitrogen functional groups attached to an aromatic ring is 1. The Labute approximate surface area is 218 Å². The molecular weight excluding hydrogens is 486 g/mol. The molecule has 1 atom stereocenters. The molecular formula is C26H27N9O3. The lowest BCUT2D eigenvalue weighted by atomic mass is 10.1. The highest BCUT2D eigenvalue weighted by Gasteiger charge is 2.23. The molecule has 0 fully saturated rings. The highest BCUT2D eigenvalue weighted by atomic mass is 16.6. The van der Waals surface area contributed by atoms with E-state index in [1.807, 2.05) is 34.9 Å². The number of nitrogens with one attached hydrogen (secondary N) is 1. The number of imidazole rings is 1. The number of pyridine rings is 1. The van der Waals surface area contributed by atoms with Gasteiger partial charge in [0.15, 0.2) is 23.2 Å². The van der Waals surface area contributed by atoms with Gasteiger partial charge in [-0.25, -0.2) is 14.6 Å². The van der Waals surface area contributed by atoms with Gasteiger partial charge in [-0.1, -0.05) is 42.2 Å². The average molecular weight is 514 g/mol. The Bertz CT molecular complexity index is 1580. The zero-order chi connectivity index (χ0) is 27.3. The van der Waals surface area contributed by atoms with Gasteiger partial charge in [-0.05, 0) is 41.6 Å². The van der Waals surface area contributed by atoms with E-state index < -0.39 is 11.7 Å². The summed E-state index contributed by atoms with van der Waals surface area (Å²) in [4.78, 5) is 9.30. The zero-order valence-electron chi connectivity index (χ0n) is 20.9. The summed E-state index contributed by atoms with van der Waals surface area (Å²) in [5.41, 5.74) is 18.5. The first-order valence-corrected chi connectivity index (χ1v) is 11.7. The monoisotopic (exact) mass is 513 g/mol. The van der Waals surface area contributed by atoms with Crippen molar-refractivity contribution in [3.8, 4) is 41.1 Å². The fraction of sp³-hybridized carbons (Fsp3) is 0.269. The number of aryl methyl sites for hydroxylation is 1. The minimum absolute atomic E-state index is 0.0530. The van der Waals surface area contributed by atoms with Gasteiger partial charge in [0.05, 0.1) is 5.52 Å². The predicted molar refractivity (Wildman–Crippen MR) is 142 cm³/mol. The Hall–Kier alpha value is -4.91. The second-order valence-corrected chi connectivity index (χ2v) is 8.79. The van der Waals surface area contributed by atoms with Crippen LogP contribution in [0.2, 0.25) is 0 Å². The van der Waals surface area contributed by atoms with Crippen molar-refractivity contribution in [2.45, 2.75) is 38.5 Å². The van der Waals surface area contributed by atoms with Crippen LogP contribution in [0, 0.1) is 29.1 Å². The molecule has 0 saturated heterocycles. The van der Waals surface area contributed by atoms with Gasteiger partial charge in [0.1, 0.15) is 22.9 Å². The predicted octanol–water partition coefficient (Wildman–Crippen LogP) is 1.59. The molecule has 0 aliphatic carbocycles. The molecule has 12 nitrogen and oxygen atoms in total. The smallest absolute Gasteiger partial charge is 0.217 e. The van der Waals surface area contributed by atoms with Crippen LogP contribution in [0.25, 0.3) is 22.6 Å². The maximum atomic E-state index is 10.2. The van der Waals surface area contributed by atoms with E-state index in [0.29, 0.717) is 29.8 Å². The van der Waals surface area contributed by atoms with E-state index in [1.165, 1.54) is 0 Å². The number of nitrogens with zero attached hydrogens (tertiary/aromatic N) is 5. The number of hydrogen-bond donors (Lipinski definition) is 5. The Morgan fingerprint density at radius 3 is 2.63 bits per heavy atom. The highest BCUT2D eigenvalue weighted by molar-refractivity contribution is 5.94. The second kappa shape index (κ2) is 11.0. The normalized spacial score (nSPS) is 11.8. The molecule has 0 spiro atoms. The van der Waals surface area contributed by atoms with Gasteiger partial charge in [0.2, 0.25) is 5.88 Å². The fourth-order valence-electron chi connectivity index (χ4n) is 3.61. The van der Waals surface area contributed by atoms with Gasteiger partial charge in [-0.2, -0.15) is 0 Å². The van der Waals surface area contributed by atoms with Gasteiger partial charge < -0.3 is 31.6 Å². The van der Waals surface area contributed by atoms with Gasteiger partial charge in [-0.3, -0.25) is 5.41 Å². The third-order valence-corrected chi connectivity index (χ3v) is 5.26. The molecule has 38 heavy (non-hydrogen) atoms. The van der Waals surface area contributed by atoms with E-state index in [9.17, 15) is 5.11 Å². The summed E-state index contributed by atoms with van der Waals surface area (Å²) in [6.07, 6.45) is -0.133. The minimum Gasteiger partial charge on any atom is -0.468 e. The first-order valence-electron chi connectivity index (χ1n) is 11.7. The molecule has 0 saturated carbocycles. The standard InChI is InChI=1S/C26H27N9O3/c1-26(2,36)12-11-17-22-18(14-21(31-17)37-19(15-27)16-8-4-3-5-9-16)35(13-7-6-10-20(28)29)25(32-22)23-24(30)34-38-33-23/h3-5,8-9,14,19,36H,7,13,15,27H2,1-2H3,(H3,28,29)(H2,30,34)/t19-/m0/s1. The van der Waals surface area contributed by atoms with Crippen molar-refractivity contribution in [2.24, 2.45) is 11.5 Å². The van der Waals surface area contributed by atoms with Gasteiger partial charge in [0.25, 0.3) is 0 Å². The molecule has 0 aliphatic rings. The van der Waals surface area contributed by atoms with Crippen molar-refractivity contribution < 1.29 is 14.5 Å². The first-order chi connectivity index (χ1) is 18.2. The molecule has 0 amide bonds. The van der Waals surface area contributed by atoms with Crippen molar-refractivity contribution in [3.05, 3.63) is 47.7 Å². The maximum absolute atomic E-state index is 10.2. The molecule has 12 heteroatoms. The van der Waals surface area contributed by atoms with E-state index in [4.69, 9.17) is 37.0 Å². The maximum Gasteiger partial charge on any atom is 0.217 e. The summed E-state index contributed by atoms with van der Waals surface area (Å²) < 4.78 is 12.8.